The number of hydrogen-bond donors (Lipinski definition) is 0. The molecule has 0 N–H and O–H groups in total. The van der Waals surface area contributed by atoms with Crippen LogP contribution in [-0.4, -0.2) is 53.8 Å². The minimum Gasteiger partial charge on any atom is -0.444 e. The number of likely N-dealkylation sites (tertiary alicyclic amines) is 1. The smallest absolute Gasteiger partial charge is 0.410 e. The number of carbonyl (C=O) groups is 1. The standard InChI is InChI=1S/C18H23N3O6S2/c1-18(2,3)27-17(22)20-8-6-12(7-9-20)11-29(25,26)16-19-14-10-13(21(23)24)4-5-15(14)28-16/h4-5,10,12H,6-9,11H2,1-3H3. The van der Waals surface area contributed by atoms with Crippen molar-refractivity contribution in [2.24, 2.45) is 5.92 Å². The van der Waals surface area contributed by atoms with Crippen molar-refractivity contribution in [2.45, 2.75) is 43.6 Å². The molecule has 1 aromatic carbocycles. The Bertz CT molecular complexity index is 1030. The maximum atomic E-state index is 12.8. The molecule has 0 atom stereocenters. The summed E-state index contributed by atoms with van der Waals surface area (Å²) >= 11 is 1.02. The molecule has 1 aliphatic rings. The minimum absolute atomic E-state index is 0.0254. The number of ether oxygens (including phenoxy) is 1. The van der Waals surface area contributed by atoms with Crippen LogP contribution in [0, 0.1) is 16.0 Å². The number of sulfone groups is 1. The Morgan fingerprint density at radius 3 is 2.59 bits per heavy atom. The predicted octanol–water partition coefficient (Wildman–Crippen LogP) is 3.63. The fraction of sp³-hybridized carbons (Fsp3) is 0.556. The van der Waals surface area contributed by atoms with Gasteiger partial charge in [-0.3, -0.25) is 10.1 Å². The molecule has 3 rings (SSSR count). The van der Waals surface area contributed by atoms with E-state index < -0.39 is 20.4 Å². The molecular weight excluding hydrogens is 418 g/mol. The number of piperidine rings is 1. The fourth-order valence-electron chi connectivity index (χ4n) is 3.13. The van der Waals surface area contributed by atoms with Gasteiger partial charge in [0, 0.05) is 25.2 Å². The Morgan fingerprint density at radius 1 is 1.34 bits per heavy atom. The van der Waals surface area contributed by atoms with E-state index in [2.05, 4.69) is 4.98 Å². The Balaban J connectivity index is 1.65. The second-order valence-corrected chi connectivity index (χ2v) is 11.3. The van der Waals surface area contributed by atoms with E-state index in [1.165, 1.54) is 18.2 Å². The number of benzene rings is 1. The summed E-state index contributed by atoms with van der Waals surface area (Å²) in [6.45, 7) is 6.30. The molecule has 0 spiro atoms. The summed E-state index contributed by atoms with van der Waals surface area (Å²) < 4.78 is 31.5. The number of fused-ring (bicyclic) bond motifs is 1. The largest absolute Gasteiger partial charge is 0.444 e. The molecule has 9 nitrogen and oxygen atoms in total. The first kappa shape index (κ1) is 21.4. The third-order valence-electron chi connectivity index (χ3n) is 4.55. The molecule has 0 radical (unpaired) electrons. The summed E-state index contributed by atoms with van der Waals surface area (Å²) in [6.07, 6.45) is 0.746. The van der Waals surface area contributed by atoms with E-state index in [9.17, 15) is 23.3 Å². The Hall–Kier alpha value is -2.27. The van der Waals surface area contributed by atoms with Gasteiger partial charge in [-0.2, -0.15) is 0 Å². The van der Waals surface area contributed by atoms with Crippen LogP contribution in [0.4, 0.5) is 10.5 Å². The van der Waals surface area contributed by atoms with Gasteiger partial charge in [-0.1, -0.05) is 0 Å². The Labute approximate surface area is 172 Å². The highest BCUT2D eigenvalue weighted by Crippen LogP contribution is 2.31. The SMILES string of the molecule is CC(C)(C)OC(=O)N1CCC(CS(=O)(=O)c2nc3cc([N+](=O)[O-])ccc3s2)CC1. The van der Waals surface area contributed by atoms with E-state index in [0.717, 1.165) is 11.3 Å². The molecule has 1 aromatic heterocycles. The quantitative estimate of drug-likeness (QED) is 0.525. The van der Waals surface area contributed by atoms with Gasteiger partial charge in [0.25, 0.3) is 5.69 Å². The van der Waals surface area contributed by atoms with E-state index in [4.69, 9.17) is 4.74 Å². The van der Waals surface area contributed by atoms with E-state index in [1.54, 1.807) is 25.7 Å². The average Bonchev–Trinajstić information content (AvgIpc) is 3.04. The maximum Gasteiger partial charge on any atom is 0.410 e. The number of nitrogens with zero attached hydrogens (tertiary/aromatic N) is 3. The number of nitro groups is 1. The first-order chi connectivity index (χ1) is 13.4. The third-order valence-corrected chi connectivity index (χ3v) is 7.93. The van der Waals surface area contributed by atoms with Crippen molar-refractivity contribution in [3.05, 3.63) is 28.3 Å². The van der Waals surface area contributed by atoms with Crippen molar-refractivity contribution >= 4 is 43.2 Å². The van der Waals surface area contributed by atoms with Crippen LogP contribution < -0.4 is 0 Å². The first-order valence-electron chi connectivity index (χ1n) is 9.20. The summed E-state index contributed by atoms with van der Waals surface area (Å²) in [5.74, 6) is -0.142. The van der Waals surface area contributed by atoms with Gasteiger partial charge in [0.1, 0.15) is 5.60 Å². The molecule has 158 valence electrons. The predicted molar refractivity (Wildman–Crippen MR) is 109 cm³/mol. The number of carbonyl (C=O) groups excluding carboxylic acids is 1. The number of non-ortho nitro benzene ring substituents is 1. The van der Waals surface area contributed by atoms with Gasteiger partial charge in [0.05, 0.1) is 20.9 Å². The van der Waals surface area contributed by atoms with Crippen molar-refractivity contribution in [3.63, 3.8) is 0 Å². The highest BCUT2D eigenvalue weighted by atomic mass is 32.2. The number of aromatic nitrogens is 1. The molecule has 1 saturated heterocycles. The van der Waals surface area contributed by atoms with Crippen LogP contribution in [0.15, 0.2) is 22.5 Å². The summed E-state index contributed by atoms with van der Waals surface area (Å²) in [6, 6.07) is 4.14. The molecule has 2 aromatic rings. The highest BCUT2D eigenvalue weighted by molar-refractivity contribution is 7.93. The van der Waals surface area contributed by atoms with E-state index in [0.29, 0.717) is 36.1 Å². The van der Waals surface area contributed by atoms with Crippen molar-refractivity contribution in [1.29, 1.82) is 0 Å². The lowest BCUT2D eigenvalue weighted by atomic mass is 9.99. The summed E-state index contributed by atoms with van der Waals surface area (Å²) in [5, 5.41) is 10.9. The van der Waals surface area contributed by atoms with Crippen LogP contribution in [0.2, 0.25) is 0 Å². The number of rotatable bonds is 4. The number of thiazole rings is 1. The lowest BCUT2D eigenvalue weighted by Gasteiger charge is -2.33. The number of amides is 1. The van der Waals surface area contributed by atoms with Crippen LogP contribution in [0.5, 0.6) is 0 Å². The van der Waals surface area contributed by atoms with Gasteiger partial charge in [-0.15, -0.1) is 11.3 Å². The molecule has 1 aliphatic heterocycles. The minimum atomic E-state index is -3.62. The zero-order valence-corrected chi connectivity index (χ0v) is 18.1. The maximum absolute atomic E-state index is 12.8. The molecule has 0 saturated carbocycles. The van der Waals surface area contributed by atoms with Gasteiger partial charge in [-0.05, 0) is 45.6 Å². The molecule has 0 bridgehead atoms. The molecule has 0 unspecified atom stereocenters. The van der Waals surface area contributed by atoms with Crippen molar-refractivity contribution in [2.75, 3.05) is 18.8 Å². The van der Waals surface area contributed by atoms with Crippen molar-refractivity contribution in [1.82, 2.24) is 9.88 Å². The van der Waals surface area contributed by atoms with Gasteiger partial charge >= 0.3 is 6.09 Å². The highest BCUT2D eigenvalue weighted by Gasteiger charge is 2.31. The molecule has 1 fully saturated rings. The third kappa shape index (κ3) is 5.21. The molecule has 2 heterocycles. The summed E-state index contributed by atoms with van der Waals surface area (Å²) in [7, 11) is -3.62. The Morgan fingerprint density at radius 2 is 2.00 bits per heavy atom. The summed E-state index contributed by atoms with van der Waals surface area (Å²) in [5.41, 5.74) is -0.386. The molecule has 1 amide bonds. The molecule has 29 heavy (non-hydrogen) atoms. The van der Waals surface area contributed by atoms with Gasteiger partial charge in [-0.25, -0.2) is 18.2 Å². The average molecular weight is 442 g/mol. The lowest BCUT2D eigenvalue weighted by molar-refractivity contribution is -0.384. The Kier molecular flexibility index (Phi) is 5.81. The first-order valence-corrected chi connectivity index (χ1v) is 11.7. The van der Waals surface area contributed by atoms with E-state index >= 15 is 0 Å². The molecular formula is C18H23N3O6S2. The van der Waals surface area contributed by atoms with Crippen LogP contribution in [0.25, 0.3) is 10.2 Å². The van der Waals surface area contributed by atoms with Gasteiger partial charge in [0.2, 0.25) is 14.2 Å². The van der Waals surface area contributed by atoms with Crippen LogP contribution in [-0.2, 0) is 14.6 Å². The van der Waals surface area contributed by atoms with Crippen molar-refractivity contribution < 1.29 is 22.9 Å². The zero-order chi connectivity index (χ0) is 21.4. The lowest BCUT2D eigenvalue weighted by Crippen LogP contribution is -2.42. The van der Waals surface area contributed by atoms with Gasteiger partial charge < -0.3 is 9.64 Å². The van der Waals surface area contributed by atoms with Crippen LogP contribution in [0.1, 0.15) is 33.6 Å². The second-order valence-electron chi connectivity index (χ2n) is 8.08. The summed E-state index contributed by atoms with van der Waals surface area (Å²) in [4.78, 5) is 28.2. The van der Waals surface area contributed by atoms with Crippen LogP contribution >= 0.6 is 11.3 Å². The van der Waals surface area contributed by atoms with E-state index in [1.807, 2.05) is 0 Å². The topological polar surface area (TPSA) is 120 Å². The number of hydrogen-bond acceptors (Lipinski definition) is 8. The second kappa shape index (κ2) is 7.86. The van der Waals surface area contributed by atoms with E-state index in [-0.39, 0.29) is 27.8 Å². The van der Waals surface area contributed by atoms with Crippen molar-refractivity contribution in [3.8, 4) is 0 Å². The zero-order valence-electron chi connectivity index (χ0n) is 16.5. The molecule has 11 heteroatoms. The monoisotopic (exact) mass is 441 g/mol. The number of nitro benzene ring substituents is 1. The normalized spacial score (nSPS) is 16.2. The van der Waals surface area contributed by atoms with Gasteiger partial charge in [0.15, 0.2) is 0 Å². The fourth-order valence-corrected chi connectivity index (χ4v) is 6.12. The van der Waals surface area contributed by atoms with Crippen LogP contribution in [0.3, 0.4) is 0 Å². The molecule has 0 aliphatic carbocycles.